The number of guanidine groups is 1. The number of carbonyl (C=O) groups is 1. The molecule has 1 spiro atoms. The van der Waals surface area contributed by atoms with Crippen molar-refractivity contribution in [1.29, 1.82) is 0 Å². The van der Waals surface area contributed by atoms with Gasteiger partial charge in [0.25, 0.3) is 5.91 Å². The number of nitrogens with zero attached hydrogens (tertiary/aromatic N) is 2. The first-order valence-electron chi connectivity index (χ1n) is 5.37. The van der Waals surface area contributed by atoms with Crippen molar-refractivity contribution in [3.05, 3.63) is 29.8 Å². The molecule has 1 aromatic rings. The second-order valence-corrected chi connectivity index (χ2v) is 4.58. The average molecular weight is 261 g/mol. The first-order valence-corrected chi connectivity index (χ1v) is 5.77. The molecule has 3 rings (SSSR count). The van der Waals surface area contributed by atoms with Crippen LogP contribution in [-0.4, -0.2) is 24.0 Å². The van der Waals surface area contributed by atoms with Crippen LogP contribution in [-0.2, 0) is 10.5 Å². The van der Waals surface area contributed by atoms with E-state index in [0.717, 1.165) is 11.3 Å². The Kier molecular flexibility index (Phi) is 2.09. The Morgan fingerprint density at radius 3 is 2.89 bits per heavy atom. The minimum atomic E-state index is -1.22. The van der Waals surface area contributed by atoms with Crippen LogP contribution in [0.2, 0.25) is 0 Å². The van der Waals surface area contributed by atoms with Crippen molar-refractivity contribution in [1.82, 2.24) is 10.6 Å². The second-order valence-electron chi connectivity index (χ2n) is 4.17. The molecule has 6 nitrogen and oxygen atoms in total. The van der Waals surface area contributed by atoms with Crippen LogP contribution in [0.15, 0.2) is 29.3 Å². The maximum absolute atomic E-state index is 12.4. The fourth-order valence-electron chi connectivity index (χ4n) is 2.32. The molecule has 0 aliphatic carbocycles. The summed E-state index contributed by atoms with van der Waals surface area (Å²) in [7, 11) is 1.70. The summed E-state index contributed by atoms with van der Waals surface area (Å²) in [5.74, 6) is -0.0623. The van der Waals surface area contributed by atoms with Crippen LogP contribution in [0.25, 0.3) is 0 Å². The molecule has 1 aromatic carbocycles. The average Bonchev–Trinajstić information content (AvgIpc) is 2.52. The molecule has 92 valence electrons. The van der Waals surface area contributed by atoms with Crippen LogP contribution in [0, 0.1) is 0 Å². The molecule has 7 heteroatoms. The number of anilines is 1. The Morgan fingerprint density at radius 1 is 1.44 bits per heavy atom. The highest BCUT2D eigenvalue weighted by molar-refractivity contribution is 7.80. The number of nitrogens with one attached hydrogen (secondary N) is 2. The Morgan fingerprint density at radius 2 is 2.17 bits per heavy atom. The number of nitrogens with two attached hydrogens (primary N) is 1. The highest BCUT2D eigenvalue weighted by atomic mass is 32.1. The van der Waals surface area contributed by atoms with Gasteiger partial charge in [0.05, 0.1) is 5.69 Å². The van der Waals surface area contributed by atoms with E-state index in [1.165, 1.54) is 0 Å². The quantitative estimate of drug-likeness (QED) is 0.554. The zero-order valence-corrected chi connectivity index (χ0v) is 10.4. The molecule has 2 heterocycles. The lowest BCUT2D eigenvalue weighted by molar-refractivity contribution is -0.123. The number of para-hydroxylation sites is 1. The smallest absolute Gasteiger partial charge is 0.280 e. The van der Waals surface area contributed by atoms with Gasteiger partial charge in [-0.3, -0.25) is 4.79 Å². The molecule has 0 saturated carbocycles. The van der Waals surface area contributed by atoms with Crippen LogP contribution >= 0.6 is 12.2 Å². The summed E-state index contributed by atoms with van der Waals surface area (Å²) in [5, 5.41) is 5.89. The van der Waals surface area contributed by atoms with Crippen molar-refractivity contribution >= 4 is 34.9 Å². The monoisotopic (exact) mass is 261 g/mol. The van der Waals surface area contributed by atoms with Gasteiger partial charge in [-0.25, -0.2) is 4.99 Å². The fraction of sp³-hybridized carbons (Fsp3) is 0.182. The van der Waals surface area contributed by atoms with Gasteiger partial charge in [-0.2, -0.15) is 0 Å². The third-order valence-corrected chi connectivity index (χ3v) is 3.30. The van der Waals surface area contributed by atoms with Gasteiger partial charge in [0.1, 0.15) is 0 Å². The number of aliphatic imine (C=N–C) groups is 1. The zero-order chi connectivity index (χ0) is 12.9. The van der Waals surface area contributed by atoms with Crippen molar-refractivity contribution in [2.75, 3.05) is 11.9 Å². The molecule has 0 bridgehead atoms. The van der Waals surface area contributed by atoms with E-state index < -0.39 is 5.66 Å². The molecule has 2 aliphatic heterocycles. The van der Waals surface area contributed by atoms with Gasteiger partial charge >= 0.3 is 0 Å². The zero-order valence-electron chi connectivity index (χ0n) is 9.60. The Hall–Kier alpha value is -2.15. The minimum Gasteiger partial charge on any atom is -0.370 e. The molecule has 4 N–H and O–H groups in total. The Balaban J connectivity index is 2.27. The molecular weight excluding hydrogens is 250 g/mol. The van der Waals surface area contributed by atoms with E-state index in [1.807, 2.05) is 24.3 Å². The van der Waals surface area contributed by atoms with E-state index >= 15 is 0 Å². The molecule has 0 aromatic heterocycles. The van der Waals surface area contributed by atoms with Gasteiger partial charge in [0.15, 0.2) is 11.1 Å². The molecule has 0 saturated heterocycles. The van der Waals surface area contributed by atoms with Crippen LogP contribution in [0.4, 0.5) is 5.69 Å². The number of fused-ring (bicyclic) bond motifs is 2. The van der Waals surface area contributed by atoms with Gasteiger partial charge in [-0.05, 0) is 18.3 Å². The van der Waals surface area contributed by atoms with Crippen molar-refractivity contribution < 1.29 is 4.79 Å². The highest BCUT2D eigenvalue weighted by Gasteiger charge is 2.52. The van der Waals surface area contributed by atoms with Crippen molar-refractivity contribution in [3.63, 3.8) is 0 Å². The van der Waals surface area contributed by atoms with Gasteiger partial charge in [0.2, 0.25) is 5.66 Å². The Labute approximate surface area is 109 Å². The normalized spacial score (nSPS) is 25.6. The molecule has 0 radical (unpaired) electrons. The van der Waals surface area contributed by atoms with Crippen LogP contribution in [0.3, 0.4) is 0 Å². The summed E-state index contributed by atoms with van der Waals surface area (Å²) in [4.78, 5) is 18.2. The van der Waals surface area contributed by atoms with Gasteiger partial charge in [-0.15, -0.1) is 0 Å². The van der Waals surface area contributed by atoms with E-state index in [2.05, 4.69) is 15.6 Å². The number of benzene rings is 1. The summed E-state index contributed by atoms with van der Waals surface area (Å²) < 4.78 is 0. The van der Waals surface area contributed by atoms with Crippen LogP contribution < -0.4 is 21.3 Å². The van der Waals surface area contributed by atoms with Gasteiger partial charge in [0, 0.05) is 12.6 Å². The first-order chi connectivity index (χ1) is 8.54. The predicted molar refractivity (Wildman–Crippen MR) is 72.0 cm³/mol. The first kappa shape index (κ1) is 11.0. The second kappa shape index (κ2) is 3.42. The van der Waals surface area contributed by atoms with Crippen molar-refractivity contribution in [2.45, 2.75) is 5.66 Å². The fourth-order valence-corrected chi connectivity index (χ4v) is 2.57. The van der Waals surface area contributed by atoms with Crippen molar-refractivity contribution in [2.24, 2.45) is 10.7 Å². The lowest BCUT2D eigenvalue weighted by atomic mass is 10.0. The number of likely N-dealkylation sites (N-methyl/N-ethyl adjacent to an activating group) is 1. The lowest BCUT2D eigenvalue weighted by Crippen LogP contribution is -2.61. The molecule has 0 unspecified atom stereocenters. The SMILES string of the molecule is CN1C(=O)[C@@]2(N=C(N)NC(=S)N2)c2ccccc21. The minimum absolute atomic E-state index is 0.136. The number of amides is 1. The maximum Gasteiger partial charge on any atom is 0.280 e. The molecule has 18 heavy (non-hydrogen) atoms. The third kappa shape index (κ3) is 1.25. The summed E-state index contributed by atoms with van der Waals surface area (Å²) in [6.45, 7) is 0. The highest BCUT2D eigenvalue weighted by Crippen LogP contribution is 2.40. The third-order valence-electron chi connectivity index (χ3n) is 3.09. The summed E-state index contributed by atoms with van der Waals surface area (Å²) in [5.41, 5.74) is 6.02. The van der Waals surface area contributed by atoms with E-state index in [1.54, 1.807) is 11.9 Å². The van der Waals surface area contributed by atoms with Crippen LogP contribution in [0.1, 0.15) is 5.56 Å². The maximum atomic E-state index is 12.4. The van der Waals surface area contributed by atoms with Crippen molar-refractivity contribution in [3.8, 4) is 0 Å². The topological polar surface area (TPSA) is 82.8 Å². The molecule has 1 amide bonds. The van der Waals surface area contributed by atoms with E-state index in [4.69, 9.17) is 18.0 Å². The number of rotatable bonds is 0. The van der Waals surface area contributed by atoms with E-state index in [0.29, 0.717) is 5.11 Å². The molecular formula is C11H11N5OS. The van der Waals surface area contributed by atoms with E-state index in [-0.39, 0.29) is 11.9 Å². The van der Waals surface area contributed by atoms with Gasteiger partial charge in [-0.1, -0.05) is 18.2 Å². The number of hydrogen-bond donors (Lipinski definition) is 3. The molecule has 1 atom stereocenters. The van der Waals surface area contributed by atoms with Gasteiger partial charge < -0.3 is 21.3 Å². The van der Waals surface area contributed by atoms with E-state index in [9.17, 15) is 4.79 Å². The number of carbonyl (C=O) groups excluding carboxylic acids is 1. The summed E-state index contributed by atoms with van der Waals surface area (Å²) >= 11 is 5.06. The van der Waals surface area contributed by atoms with Crippen LogP contribution in [0.5, 0.6) is 0 Å². The largest absolute Gasteiger partial charge is 0.370 e. The molecule has 2 aliphatic rings. The Bertz CT molecular complexity index is 599. The summed E-state index contributed by atoms with van der Waals surface area (Å²) in [6, 6.07) is 7.43. The summed E-state index contributed by atoms with van der Waals surface area (Å²) in [6.07, 6.45) is 0. The predicted octanol–water partition coefficient (Wildman–Crippen LogP) is -0.392. The number of hydrogen-bond acceptors (Lipinski definition) is 4. The standard InChI is InChI=1S/C11H11N5OS/c1-16-7-5-3-2-4-6(7)11(8(16)17)14-9(12)13-10(18)15-11/h2-5H,1H3,(H4,12,13,14,15,18)/t11-/m1/s1. The lowest BCUT2D eigenvalue weighted by Gasteiger charge is -2.31. The molecule has 0 fully saturated rings. The number of thiocarbonyl (C=S) groups is 1.